The first-order chi connectivity index (χ1) is 16.3. The van der Waals surface area contributed by atoms with Crippen LogP contribution in [0.4, 0.5) is 0 Å². The lowest BCUT2D eigenvalue weighted by atomic mass is 9.97. The molecule has 2 fully saturated rings. The molecule has 0 aromatic rings. The van der Waals surface area contributed by atoms with Crippen LogP contribution < -0.4 is 0 Å². The molecule has 2 saturated heterocycles. The molecule has 7 N–H and O–H groups in total. The predicted octanol–water partition coefficient (Wildman–Crippen LogP) is 0.133. The fourth-order valence-corrected chi connectivity index (χ4v) is 6.58. The quantitative estimate of drug-likeness (QED) is 0.113. The van der Waals surface area contributed by atoms with E-state index >= 15 is 0 Å². The molecule has 202 valence electrons. The summed E-state index contributed by atoms with van der Waals surface area (Å²) in [6, 6.07) is 0. The maximum absolute atomic E-state index is 10.6. The minimum atomic E-state index is -1.67. The van der Waals surface area contributed by atoms with Crippen molar-refractivity contribution >= 4 is 21.6 Å². The Labute approximate surface area is 209 Å². The smallest absolute Gasteiger partial charge is 0.187 e. The lowest BCUT2D eigenvalue weighted by Gasteiger charge is -2.45. The normalized spacial score (nSPS) is 38.8. The maximum Gasteiger partial charge on any atom is 0.187 e. The van der Waals surface area contributed by atoms with Crippen LogP contribution in [0, 0.1) is 0 Å². The average Bonchev–Trinajstić information content (AvgIpc) is 2.84. The Kier molecular flexibility index (Phi) is 14.5. The molecule has 2 heterocycles. The molecule has 0 amide bonds. The van der Waals surface area contributed by atoms with Crippen LogP contribution in [0.25, 0.3) is 0 Å². The van der Waals surface area contributed by atoms with Crippen molar-refractivity contribution < 1.29 is 50.0 Å². The summed E-state index contributed by atoms with van der Waals surface area (Å²) in [7, 11) is 2.82. The van der Waals surface area contributed by atoms with Gasteiger partial charge in [-0.15, -0.1) is 0 Å². The van der Waals surface area contributed by atoms with Crippen LogP contribution in [0.1, 0.15) is 58.3 Å². The van der Waals surface area contributed by atoms with Crippen LogP contribution in [0.3, 0.4) is 0 Å². The third-order valence-corrected chi connectivity index (χ3v) is 8.85. The van der Waals surface area contributed by atoms with E-state index < -0.39 is 73.8 Å². The van der Waals surface area contributed by atoms with Gasteiger partial charge in [-0.25, -0.2) is 0 Å². The number of hydrogen-bond donors (Lipinski definition) is 7. The molecule has 12 heteroatoms. The van der Waals surface area contributed by atoms with E-state index in [0.717, 1.165) is 18.6 Å². The van der Waals surface area contributed by atoms with Gasteiger partial charge in [-0.2, -0.15) is 0 Å². The van der Waals surface area contributed by atoms with Gasteiger partial charge in [0, 0.05) is 5.75 Å². The third kappa shape index (κ3) is 8.70. The van der Waals surface area contributed by atoms with Gasteiger partial charge in [-0.1, -0.05) is 73.5 Å². The maximum atomic E-state index is 10.6. The van der Waals surface area contributed by atoms with Crippen molar-refractivity contribution in [2.45, 2.75) is 119 Å². The lowest BCUT2D eigenvalue weighted by molar-refractivity contribution is -0.338. The summed E-state index contributed by atoms with van der Waals surface area (Å²) in [4.78, 5) is 0. The van der Waals surface area contributed by atoms with Crippen LogP contribution in [-0.4, -0.2) is 115 Å². The standard InChI is InChI=1S/C22H42O10S2/c1-2-3-4-5-6-7-8-9-10-33-34-22-19(29)17(27)20(14(12-24)31-22)32-21-18(28)16(26)15(25)13(11-23)30-21/h13-29H,2-12H2,1H3/t13?,14?,15-,16+,17-,18?,19?,20-,21-,22+/m1/s1. The Morgan fingerprint density at radius 2 is 1.29 bits per heavy atom. The minimum absolute atomic E-state index is 0.522. The number of hydrogen-bond acceptors (Lipinski definition) is 12. The van der Waals surface area contributed by atoms with Gasteiger partial charge >= 0.3 is 0 Å². The summed E-state index contributed by atoms with van der Waals surface area (Å²) in [5, 5.41) is 70.3. The van der Waals surface area contributed by atoms with Gasteiger partial charge < -0.3 is 50.0 Å². The second-order valence-electron chi connectivity index (χ2n) is 8.90. The fourth-order valence-electron chi connectivity index (χ4n) is 4.04. The fraction of sp³-hybridized carbons (Fsp3) is 1.00. The molecule has 2 aliphatic rings. The molecule has 2 rings (SSSR count). The van der Waals surface area contributed by atoms with Crippen LogP contribution >= 0.6 is 21.6 Å². The van der Waals surface area contributed by atoms with Gasteiger partial charge in [0.15, 0.2) is 6.29 Å². The van der Waals surface area contributed by atoms with Crippen LogP contribution in [-0.2, 0) is 14.2 Å². The molecule has 0 saturated carbocycles. The summed E-state index contributed by atoms with van der Waals surface area (Å²) < 4.78 is 16.6. The van der Waals surface area contributed by atoms with E-state index in [1.54, 1.807) is 0 Å². The van der Waals surface area contributed by atoms with Gasteiger partial charge in [0.05, 0.1) is 13.2 Å². The summed E-state index contributed by atoms with van der Waals surface area (Å²) >= 11 is 0. The van der Waals surface area contributed by atoms with Crippen molar-refractivity contribution in [2.24, 2.45) is 0 Å². The zero-order valence-electron chi connectivity index (χ0n) is 19.7. The third-order valence-electron chi connectivity index (χ3n) is 6.20. The predicted molar refractivity (Wildman–Crippen MR) is 129 cm³/mol. The van der Waals surface area contributed by atoms with E-state index in [0.29, 0.717) is 0 Å². The molecule has 0 aromatic heterocycles. The van der Waals surface area contributed by atoms with Crippen LogP contribution in [0.5, 0.6) is 0 Å². The first kappa shape index (κ1) is 30.5. The van der Waals surface area contributed by atoms with Crippen molar-refractivity contribution in [1.29, 1.82) is 0 Å². The first-order valence-corrected chi connectivity index (χ1v) is 14.6. The number of aliphatic hydroxyl groups is 7. The number of unbranched alkanes of at least 4 members (excludes halogenated alkanes) is 7. The van der Waals surface area contributed by atoms with E-state index in [2.05, 4.69) is 6.92 Å². The van der Waals surface area contributed by atoms with Gasteiger partial charge in [0.25, 0.3) is 0 Å². The molecule has 10 nitrogen and oxygen atoms in total. The Balaban J connectivity index is 1.78. The zero-order chi connectivity index (χ0) is 25.1. The summed E-state index contributed by atoms with van der Waals surface area (Å²) in [5.41, 5.74) is -0.791. The number of ether oxygens (including phenoxy) is 3. The molecule has 4 unspecified atom stereocenters. The lowest BCUT2D eigenvalue weighted by Crippen LogP contribution is -2.64. The second-order valence-corrected chi connectivity index (χ2v) is 11.5. The van der Waals surface area contributed by atoms with Gasteiger partial charge in [-0.3, -0.25) is 0 Å². The Hall–Kier alpha value is 0.300. The van der Waals surface area contributed by atoms with Gasteiger partial charge in [-0.05, 0) is 6.42 Å². The monoisotopic (exact) mass is 530 g/mol. The van der Waals surface area contributed by atoms with E-state index in [-0.39, 0.29) is 0 Å². The molecule has 0 radical (unpaired) electrons. The Morgan fingerprint density at radius 3 is 1.91 bits per heavy atom. The summed E-state index contributed by atoms with van der Waals surface area (Å²) in [6.07, 6.45) is -2.86. The zero-order valence-corrected chi connectivity index (χ0v) is 21.4. The van der Waals surface area contributed by atoms with E-state index in [4.69, 9.17) is 14.2 Å². The average molecular weight is 531 g/mol. The highest BCUT2D eigenvalue weighted by Crippen LogP contribution is 2.37. The molecule has 0 aliphatic carbocycles. The highest BCUT2D eigenvalue weighted by molar-refractivity contribution is 8.76. The molecular formula is C22H42O10S2. The van der Waals surface area contributed by atoms with Crippen LogP contribution in [0.15, 0.2) is 0 Å². The topological polar surface area (TPSA) is 169 Å². The van der Waals surface area contributed by atoms with Crippen LogP contribution in [0.2, 0.25) is 0 Å². The van der Waals surface area contributed by atoms with E-state index in [9.17, 15) is 35.7 Å². The summed E-state index contributed by atoms with van der Waals surface area (Å²) in [5.74, 6) is 0.872. The highest BCUT2D eigenvalue weighted by Gasteiger charge is 2.50. The van der Waals surface area contributed by atoms with Crippen molar-refractivity contribution in [3.63, 3.8) is 0 Å². The van der Waals surface area contributed by atoms with Gasteiger partial charge in [0.2, 0.25) is 0 Å². The number of rotatable bonds is 15. The van der Waals surface area contributed by atoms with Crippen molar-refractivity contribution in [2.75, 3.05) is 19.0 Å². The molecule has 10 atom stereocenters. The Bertz CT molecular complexity index is 544. The Morgan fingerprint density at radius 1 is 0.676 bits per heavy atom. The SMILES string of the molecule is CCCCCCCCCCSS[C@@H]1OC(CO)[C@@H](O[C@H]2OC(CO)[C@@H](O)[C@H](O)C2O)[C@H](O)C1O. The van der Waals surface area contributed by atoms with Gasteiger partial charge in [0.1, 0.15) is 54.3 Å². The molecule has 0 aromatic carbocycles. The number of aliphatic hydroxyl groups excluding tert-OH is 7. The van der Waals surface area contributed by atoms with Crippen molar-refractivity contribution in [3.8, 4) is 0 Å². The van der Waals surface area contributed by atoms with E-state index in [1.165, 1.54) is 60.1 Å². The van der Waals surface area contributed by atoms with Crippen molar-refractivity contribution in [1.82, 2.24) is 0 Å². The second kappa shape index (κ2) is 16.2. The molecule has 2 aliphatic heterocycles. The summed E-state index contributed by atoms with van der Waals surface area (Å²) in [6.45, 7) is 1.05. The van der Waals surface area contributed by atoms with E-state index in [1.807, 2.05) is 0 Å². The van der Waals surface area contributed by atoms with Crippen molar-refractivity contribution in [3.05, 3.63) is 0 Å². The largest absolute Gasteiger partial charge is 0.394 e. The highest BCUT2D eigenvalue weighted by atomic mass is 33.1. The molecule has 0 spiro atoms. The molecule has 0 bridgehead atoms. The first-order valence-electron chi connectivity index (χ1n) is 12.2. The molecular weight excluding hydrogens is 488 g/mol. The molecule has 34 heavy (non-hydrogen) atoms. The minimum Gasteiger partial charge on any atom is -0.394 e.